The lowest BCUT2D eigenvalue weighted by Gasteiger charge is -2.42. The van der Waals surface area contributed by atoms with Crippen molar-refractivity contribution in [2.75, 3.05) is 63.1 Å². The number of rotatable bonds is 8. The van der Waals surface area contributed by atoms with Gasteiger partial charge in [-0.3, -0.25) is 9.69 Å². The number of carbonyl (C=O) groups is 2. The van der Waals surface area contributed by atoms with Crippen molar-refractivity contribution in [1.29, 1.82) is 0 Å². The Bertz CT molecular complexity index is 1790. The number of nitrogens with zero attached hydrogens (tertiary/aromatic N) is 4. The van der Waals surface area contributed by atoms with Gasteiger partial charge in [0.15, 0.2) is 6.73 Å². The molecular weight excluding hydrogens is 686 g/mol. The third-order valence-electron chi connectivity index (χ3n) is 10.9. The largest absolute Gasteiger partial charge is 0.478 e. The fourth-order valence-corrected chi connectivity index (χ4v) is 9.31. The first-order chi connectivity index (χ1) is 24.2. The van der Waals surface area contributed by atoms with Crippen molar-refractivity contribution in [3.05, 3.63) is 75.0 Å². The molecule has 5 heterocycles. The molecule has 4 bridgehead atoms. The van der Waals surface area contributed by atoms with Gasteiger partial charge in [-0.15, -0.1) is 0 Å². The molecule has 8 rings (SSSR count). The summed E-state index contributed by atoms with van der Waals surface area (Å²) in [6.07, 6.45) is 3.93. The van der Waals surface area contributed by atoms with Crippen LogP contribution in [0.3, 0.4) is 0 Å². The summed E-state index contributed by atoms with van der Waals surface area (Å²) >= 11 is 13.6. The Morgan fingerprint density at radius 1 is 0.940 bits per heavy atom. The Kier molecular flexibility index (Phi) is 9.05. The summed E-state index contributed by atoms with van der Waals surface area (Å²) in [5.41, 5.74) is 2.94. The molecule has 50 heavy (non-hydrogen) atoms. The number of amides is 1. The van der Waals surface area contributed by atoms with Gasteiger partial charge in [-0.1, -0.05) is 41.4 Å². The topological polar surface area (TPSA) is 95.0 Å². The van der Waals surface area contributed by atoms with Gasteiger partial charge < -0.3 is 34.0 Å². The number of morpholine rings is 1. The Labute approximate surface area is 300 Å². The molecule has 4 atom stereocenters. The number of likely N-dealkylation sites (tertiary alicyclic amines) is 1. The Balaban J connectivity index is 1.04. The van der Waals surface area contributed by atoms with E-state index in [0.29, 0.717) is 54.5 Å². The number of aromatic carboxylic acids is 1. The second-order valence-electron chi connectivity index (χ2n) is 13.9. The van der Waals surface area contributed by atoms with Crippen LogP contribution in [0.4, 0.5) is 15.8 Å². The molecule has 5 aliphatic heterocycles. The van der Waals surface area contributed by atoms with Crippen LogP contribution >= 0.6 is 23.2 Å². The smallest absolute Gasteiger partial charge is 0.337 e. The van der Waals surface area contributed by atoms with Crippen LogP contribution < -0.4 is 14.5 Å². The molecule has 0 aliphatic carbocycles. The number of hydrogen-bond donors (Lipinski definition) is 1. The number of ether oxygens (including phenoxy) is 3. The second kappa shape index (κ2) is 13.5. The second-order valence-corrected chi connectivity index (χ2v) is 14.7. The van der Waals surface area contributed by atoms with Crippen molar-refractivity contribution in [2.24, 2.45) is 0 Å². The minimum Gasteiger partial charge on any atom is -0.478 e. The maximum Gasteiger partial charge on any atom is 0.337 e. The average Bonchev–Trinajstić information content (AvgIpc) is 3.51. The molecule has 13 heteroatoms. The van der Waals surface area contributed by atoms with Gasteiger partial charge in [0, 0.05) is 61.2 Å². The molecule has 4 saturated heterocycles. The van der Waals surface area contributed by atoms with Crippen LogP contribution in [0.2, 0.25) is 10.0 Å². The number of halogens is 3. The monoisotopic (exact) mass is 724 g/mol. The lowest BCUT2D eigenvalue weighted by atomic mass is 9.96. The van der Waals surface area contributed by atoms with Gasteiger partial charge in [-0.05, 0) is 49.9 Å². The molecule has 3 aromatic carbocycles. The molecule has 264 valence electrons. The number of benzene rings is 3. The number of carboxylic acid groups (broad SMARTS) is 1. The predicted octanol–water partition coefficient (Wildman–Crippen LogP) is 6.16. The number of piperazine rings is 1. The van der Waals surface area contributed by atoms with Crippen LogP contribution in [0.25, 0.3) is 11.1 Å². The zero-order valence-electron chi connectivity index (χ0n) is 27.7. The fraction of sp³-hybridized carbons (Fsp3) is 0.459. The summed E-state index contributed by atoms with van der Waals surface area (Å²) in [7, 11) is 1.72. The molecule has 1 amide bonds. The van der Waals surface area contributed by atoms with Crippen LogP contribution in [0.1, 0.15) is 52.0 Å². The summed E-state index contributed by atoms with van der Waals surface area (Å²) in [6.45, 7) is 4.57. The molecule has 4 fully saturated rings. The maximum absolute atomic E-state index is 15.8. The van der Waals surface area contributed by atoms with Crippen molar-refractivity contribution >= 4 is 46.5 Å². The summed E-state index contributed by atoms with van der Waals surface area (Å²) in [5, 5.41) is 10.6. The van der Waals surface area contributed by atoms with Crippen LogP contribution in [0.15, 0.2) is 42.5 Å². The van der Waals surface area contributed by atoms with E-state index in [1.165, 1.54) is 4.90 Å². The molecule has 3 aromatic rings. The quantitative estimate of drug-likeness (QED) is 0.293. The molecular formula is C37H39Cl2FN4O6. The minimum absolute atomic E-state index is 0.0322. The summed E-state index contributed by atoms with van der Waals surface area (Å²) in [4.78, 5) is 34.6. The van der Waals surface area contributed by atoms with E-state index in [4.69, 9.17) is 37.4 Å². The number of hydrogen-bond acceptors (Lipinski definition) is 8. The zero-order valence-corrected chi connectivity index (χ0v) is 29.3. The van der Waals surface area contributed by atoms with Crippen LogP contribution in [0.5, 0.6) is 5.75 Å². The number of para-hydroxylation sites is 1. The van der Waals surface area contributed by atoms with Crippen molar-refractivity contribution in [2.45, 2.75) is 56.4 Å². The SMILES string of the molecule is COCCN1CC2CCC(C1)N2c1cc(Cl)c(C(=O)N2COc3c(cccc3-c3cc(N4C5CCC4COC5)c(C(=O)O)cc3F)C2)c(Cl)c1. The van der Waals surface area contributed by atoms with E-state index in [0.717, 1.165) is 57.1 Å². The minimum atomic E-state index is -1.19. The van der Waals surface area contributed by atoms with E-state index in [2.05, 4.69) is 14.7 Å². The number of methoxy groups -OCH3 is 1. The molecule has 1 N–H and O–H groups in total. The molecule has 0 spiro atoms. The van der Waals surface area contributed by atoms with Crippen molar-refractivity contribution < 1.29 is 33.3 Å². The third kappa shape index (κ3) is 5.86. The number of carboxylic acids is 1. The van der Waals surface area contributed by atoms with E-state index < -0.39 is 11.8 Å². The molecule has 4 unspecified atom stereocenters. The van der Waals surface area contributed by atoms with Gasteiger partial charge in [-0.25, -0.2) is 9.18 Å². The van der Waals surface area contributed by atoms with Gasteiger partial charge in [0.05, 0.1) is 65.3 Å². The summed E-state index contributed by atoms with van der Waals surface area (Å²) < 4.78 is 33.0. The van der Waals surface area contributed by atoms with Crippen LogP contribution in [-0.4, -0.2) is 104 Å². The number of carbonyl (C=O) groups excluding carboxylic acids is 1. The fourth-order valence-electron chi connectivity index (χ4n) is 8.68. The molecule has 10 nitrogen and oxygen atoms in total. The highest BCUT2D eigenvalue weighted by molar-refractivity contribution is 6.40. The normalized spacial score (nSPS) is 24.4. The maximum atomic E-state index is 15.8. The van der Waals surface area contributed by atoms with E-state index in [1.807, 2.05) is 18.2 Å². The molecule has 5 aliphatic rings. The van der Waals surface area contributed by atoms with Crippen molar-refractivity contribution in [3.8, 4) is 16.9 Å². The Hall–Kier alpha value is -3.61. The first-order valence-corrected chi connectivity index (χ1v) is 17.9. The number of anilines is 2. The lowest BCUT2D eigenvalue weighted by molar-refractivity contribution is 0.0516. The Morgan fingerprint density at radius 2 is 1.62 bits per heavy atom. The van der Waals surface area contributed by atoms with E-state index >= 15 is 4.39 Å². The third-order valence-corrected chi connectivity index (χ3v) is 11.5. The van der Waals surface area contributed by atoms with Gasteiger partial charge in [0.25, 0.3) is 5.91 Å². The highest BCUT2D eigenvalue weighted by Crippen LogP contribution is 2.44. The van der Waals surface area contributed by atoms with E-state index in [9.17, 15) is 14.7 Å². The highest BCUT2D eigenvalue weighted by Gasteiger charge is 2.42. The first kappa shape index (κ1) is 33.5. The molecule has 0 radical (unpaired) electrons. The Morgan fingerprint density at radius 3 is 2.28 bits per heavy atom. The average molecular weight is 726 g/mol. The van der Waals surface area contributed by atoms with Crippen LogP contribution in [-0.2, 0) is 16.0 Å². The molecule has 0 aromatic heterocycles. The van der Waals surface area contributed by atoms with E-state index in [-0.39, 0.29) is 58.0 Å². The van der Waals surface area contributed by atoms with Crippen LogP contribution in [0, 0.1) is 5.82 Å². The first-order valence-electron chi connectivity index (χ1n) is 17.2. The predicted molar refractivity (Wildman–Crippen MR) is 188 cm³/mol. The number of fused-ring (bicyclic) bond motifs is 5. The molecule has 0 saturated carbocycles. The standard InChI is InChI=1S/C37H39Cl2FN4O6/c1-48-10-9-41-16-22-5-6-23(17-41)43(22)26-11-30(38)34(31(39)12-26)36(45)42-15-21-3-2-4-27(35(21)50-20-42)28-14-33(29(37(46)47)13-32(28)40)44-24-7-8-25(44)19-49-18-24/h2-4,11-14,22-25H,5-10,15-20H2,1H3,(H,46,47). The van der Waals surface area contributed by atoms with Gasteiger partial charge in [-0.2, -0.15) is 0 Å². The van der Waals surface area contributed by atoms with E-state index in [1.54, 1.807) is 25.3 Å². The van der Waals surface area contributed by atoms with Gasteiger partial charge in [0.1, 0.15) is 11.6 Å². The van der Waals surface area contributed by atoms with Crippen molar-refractivity contribution in [1.82, 2.24) is 9.80 Å². The summed E-state index contributed by atoms with van der Waals surface area (Å²) in [5.74, 6) is -1.76. The highest BCUT2D eigenvalue weighted by atomic mass is 35.5. The van der Waals surface area contributed by atoms with Crippen molar-refractivity contribution in [3.63, 3.8) is 0 Å². The lowest BCUT2D eigenvalue weighted by Crippen LogP contribution is -2.54. The van der Waals surface area contributed by atoms with Gasteiger partial charge >= 0.3 is 5.97 Å². The summed E-state index contributed by atoms with van der Waals surface area (Å²) in [6, 6.07) is 12.5. The van der Waals surface area contributed by atoms with Gasteiger partial charge in [0.2, 0.25) is 0 Å². The zero-order chi connectivity index (χ0) is 34.7.